The second-order valence-electron chi connectivity index (χ2n) is 13.2. The van der Waals surface area contributed by atoms with Crippen LogP contribution in [0.5, 0.6) is 0 Å². The van der Waals surface area contributed by atoms with E-state index in [-0.39, 0.29) is 0 Å². The first-order valence-electron chi connectivity index (χ1n) is 17.1. The van der Waals surface area contributed by atoms with Crippen LogP contribution in [0.2, 0.25) is 0 Å². The predicted octanol–water partition coefficient (Wildman–Crippen LogP) is 13.9. The summed E-state index contributed by atoms with van der Waals surface area (Å²) in [7, 11) is 0. The monoisotopic (exact) mass is 636 g/mol. The molecule has 0 aliphatic heterocycles. The van der Waals surface area contributed by atoms with E-state index in [0.29, 0.717) is 0 Å². The normalized spacial score (nSPS) is 12.0. The van der Waals surface area contributed by atoms with E-state index >= 15 is 0 Å². The molecule has 0 aliphatic rings. The fourth-order valence-electron chi connectivity index (χ4n) is 8.24. The summed E-state index contributed by atoms with van der Waals surface area (Å²) in [6, 6.07) is 60.7. The summed E-state index contributed by atoms with van der Waals surface area (Å²) < 4.78 is 12.9. The largest absolute Gasteiger partial charge is 0.456 e. The molecule has 9 aromatic carbocycles. The van der Waals surface area contributed by atoms with E-state index in [4.69, 9.17) is 8.83 Å². The van der Waals surface area contributed by atoms with Crippen LogP contribution in [0.3, 0.4) is 0 Å². The molecule has 0 atom stereocenters. The van der Waals surface area contributed by atoms with Crippen LogP contribution in [0, 0.1) is 0 Å². The van der Waals surface area contributed by atoms with Crippen LogP contribution >= 0.6 is 0 Å². The third-order valence-corrected chi connectivity index (χ3v) is 10.5. The standard InChI is InChI=1S/C48H28O2/c1-3-10-29(11-4-1)46-40-28-33(22-27-42(40)50-48(46)32-12-5-2-6-13-32)34-23-18-30-21-26-38-35(24-19-31-20-25-37(34)44(30)45(31)38)36-15-9-17-43-47(36)39-14-7-8-16-41(39)49-43/h1-28H. The molecule has 0 N–H and O–H groups in total. The topological polar surface area (TPSA) is 26.3 Å². The van der Waals surface area contributed by atoms with Crippen LogP contribution in [0.4, 0.5) is 0 Å². The van der Waals surface area contributed by atoms with Crippen molar-refractivity contribution >= 4 is 65.2 Å². The zero-order valence-electron chi connectivity index (χ0n) is 27.0. The zero-order chi connectivity index (χ0) is 32.8. The van der Waals surface area contributed by atoms with Crippen molar-refractivity contribution in [3.8, 4) is 44.7 Å². The van der Waals surface area contributed by atoms with E-state index in [1.807, 2.05) is 12.1 Å². The van der Waals surface area contributed by atoms with Crippen molar-refractivity contribution in [2.24, 2.45) is 0 Å². The Balaban J connectivity index is 1.16. The first kappa shape index (κ1) is 27.3. The molecule has 2 heterocycles. The van der Waals surface area contributed by atoms with Crippen LogP contribution < -0.4 is 0 Å². The zero-order valence-corrected chi connectivity index (χ0v) is 27.0. The third kappa shape index (κ3) is 3.90. The number of para-hydroxylation sites is 1. The third-order valence-electron chi connectivity index (χ3n) is 10.5. The molecule has 0 aliphatic carbocycles. The maximum absolute atomic E-state index is 6.61. The maximum atomic E-state index is 6.61. The first-order chi connectivity index (χ1) is 24.8. The lowest BCUT2D eigenvalue weighted by Crippen LogP contribution is -1.90. The van der Waals surface area contributed by atoms with E-state index in [1.54, 1.807) is 0 Å². The van der Waals surface area contributed by atoms with Gasteiger partial charge in [-0.25, -0.2) is 0 Å². The molecular formula is C48H28O2. The Morgan fingerprint density at radius 1 is 0.300 bits per heavy atom. The molecule has 2 aromatic heterocycles. The lowest BCUT2D eigenvalue weighted by Gasteiger charge is -2.17. The van der Waals surface area contributed by atoms with Crippen LogP contribution in [0.15, 0.2) is 179 Å². The van der Waals surface area contributed by atoms with Gasteiger partial charge in [0.2, 0.25) is 0 Å². The maximum Gasteiger partial charge on any atom is 0.143 e. The molecule has 0 unspecified atom stereocenters. The van der Waals surface area contributed by atoms with Gasteiger partial charge in [-0.3, -0.25) is 0 Å². The molecular weight excluding hydrogens is 609 g/mol. The summed E-state index contributed by atoms with van der Waals surface area (Å²) in [4.78, 5) is 0. The van der Waals surface area contributed by atoms with Gasteiger partial charge in [0.05, 0.1) is 0 Å². The molecule has 0 saturated carbocycles. The summed E-state index contributed by atoms with van der Waals surface area (Å²) in [5.41, 5.74) is 10.8. The average Bonchev–Trinajstić information content (AvgIpc) is 3.76. The van der Waals surface area contributed by atoms with Gasteiger partial charge in [0.1, 0.15) is 22.5 Å². The molecule has 11 aromatic rings. The quantitative estimate of drug-likeness (QED) is 0.180. The van der Waals surface area contributed by atoms with Crippen LogP contribution in [0.25, 0.3) is 110 Å². The van der Waals surface area contributed by atoms with Gasteiger partial charge in [-0.05, 0) is 84.4 Å². The second kappa shape index (κ2) is 10.4. The Kier molecular flexibility index (Phi) is 5.70. The molecule has 2 nitrogen and oxygen atoms in total. The van der Waals surface area contributed by atoms with Gasteiger partial charge in [0, 0.05) is 27.3 Å². The van der Waals surface area contributed by atoms with Crippen molar-refractivity contribution in [3.05, 3.63) is 170 Å². The van der Waals surface area contributed by atoms with Gasteiger partial charge in [-0.2, -0.15) is 0 Å². The Morgan fingerprint density at radius 2 is 0.920 bits per heavy atom. The van der Waals surface area contributed by atoms with Crippen molar-refractivity contribution in [3.63, 3.8) is 0 Å². The average molecular weight is 637 g/mol. The molecule has 2 heteroatoms. The molecule has 50 heavy (non-hydrogen) atoms. The number of furan rings is 2. The minimum absolute atomic E-state index is 0.884. The highest BCUT2D eigenvalue weighted by Crippen LogP contribution is 2.46. The van der Waals surface area contributed by atoms with Crippen LogP contribution in [0.1, 0.15) is 0 Å². The molecule has 0 amide bonds. The molecule has 0 saturated heterocycles. The van der Waals surface area contributed by atoms with Gasteiger partial charge < -0.3 is 8.83 Å². The molecule has 0 bridgehead atoms. The van der Waals surface area contributed by atoms with E-state index < -0.39 is 0 Å². The lowest BCUT2D eigenvalue weighted by atomic mass is 9.86. The molecule has 0 radical (unpaired) electrons. The molecule has 0 spiro atoms. The molecule has 11 rings (SSSR count). The summed E-state index contributed by atoms with van der Waals surface area (Å²) in [5, 5.41) is 11.0. The Hall–Kier alpha value is -6.64. The number of rotatable bonds is 4. The summed E-state index contributed by atoms with van der Waals surface area (Å²) in [5.74, 6) is 0.896. The van der Waals surface area contributed by atoms with Crippen LogP contribution in [-0.2, 0) is 0 Å². The molecule has 232 valence electrons. The van der Waals surface area contributed by atoms with Gasteiger partial charge in [0.15, 0.2) is 0 Å². The van der Waals surface area contributed by atoms with Gasteiger partial charge >= 0.3 is 0 Å². The van der Waals surface area contributed by atoms with Crippen molar-refractivity contribution in [2.45, 2.75) is 0 Å². The number of hydrogen-bond acceptors (Lipinski definition) is 2. The predicted molar refractivity (Wildman–Crippen MR) is 209 cm³/mol. The Bertz CT molecular complexity index is 3070. The fraction of sp³-hybridized carbons (Fsp3) is 0. The fourth-order valence-corrected chi connectivity index (χ4v) is 8.24. The highest BCUT2D eigenvalue weighted by molar-refractivity contribution is 6.29. The van der Waals surface area contributed by atoms with Gasteiger partial charge in [-0.1, -0.05) is 146 Å². The Labute approximate surface area is 287 Å². The van der Waals surface area contributed by atoms with Gasteiger partial charge in [0.25, 0.3) is 0 Å². The molecule has 0 fully saturated rings. The minimum atomic E-state index is 0.884. The summed E-state index contributed by atoms with van der Waals surface area (Å²) in [6.45, 7) is 0. The summed E-state index contributed by atoms with van der Waals surface area (Å²) in [6.07, 6.45) is 0. The minimum Gasteiger partial charge on any atom is -0.456 e. The van der Waals surface area contributed by atoms with E-state index in [0.717, 1.165) is 55.4 Å². The van der Waals surface area contributed by atoms with Crippen molar-refractivity contribution < 1.29 is 8.83 Å². The smallest absolute Gasteiger partial charge is 0.143 e. The summed E-state index contributed by atoms with van der Waals surface area (Å²) >= 11 is 0. The van der Waals surface area contributed by atoms with E-state index in [9.17, 15) is 0 Å². The SMILES string of the molecule is c1ccc(-c2oc3ccc(-c4ccc5ccc6c(-c7cccc8oc9ccccc9c78)ccc7ccc4c5c76)cc3c2-c2ccccc2)cc1. The highest BCUT2D eigenvalue weighted by atomic mass is 16.3. The lowest BCUT2D eigenvalue weighted by molar-refractivity contribution is 0.632. The number of hydrogen-bond donors (Lipinski definition) is 0. The van der Waals surface area contributed by atoms with Crippen molar-refractivity contribution in [1.29, 1.82) is 0 Å². The number of fused-ring (bicyclic) bond motifs is 4. The van der Waals surface area contributed by atoms with E-state index in [2.05, 4.69) is 158 Å². The second-order valence-corrected chi connectivity index (χ2v) is 13.2. The van der Waals surface area contributed by atoms with Crippen LogP contribution in [-0.4, -0.2) is 0 Å². The van der Waals surface area contributed by atoms with E-state index in [1.165, 1.54) is 54.6 Å². The highest BCUT2D eigenvalue weighted by Gasteiger charge is 2.21. The Morgan fingerprint density at radius 3 is 1.70 bits per heavy atom. The number of benzene rings is 9. The van der Waals surface area contributed by atoms with Crippen molar-refractivity contribution in [1.82, 2.24) is 0 Å². The first-order valence-corrected chi connectivity index (χ1v) is 17.1. The van der Waals surface area contributed by atoms with Gasteiger partial charge in [-0.15, -0.1) is 0 Å². The van der Waals surface area contributed by atoms with Crippen molar-refractivity contribution in [2.75, 3.05) is 0 Å².